The van der Waals surface area contributed by atoms with Crippen LogP contribution in [0.5, 0.6) is 0 Å². The van der Waals surface area contributed by atoms with Crippen molar-refractivity contribution in [3.63, 3.8) is 0 Å². The van der Waals surface area contributed by atoms with E-state index in [1.165, 1.54) is 16.7 Å². The molecule has 13 atom stereocenters. The fraction of sp³-hybridized carbons (Fsp3) is 0.764. The second-order valence-electron chi connectivity index (χ2n) is 25.3. The number of fused-ring (bicyclic) bond motifs is 10. The van der Waals surface area contributed by atoms with E-state index in [-0.39, 0.29) is 16.7 Å². The van der Waals surface area contributed by atoms with E-state index in [1.54, 1.807) is 0 Å². The van der Waals surface area contributed by atoms with Gasteiger partial charge in [0, 0.05) is 31.7 Å². The van der Waals surface area contributed by atoms with E-state index < -0.39 is 41.0 Å². The van der Waals surface area contributed by atoms with Crippen molar-refractivity contribution < 1.29 is 24.9 Å². The number of hydrogen-bond acceptors (Lipinski definition) is 5. The Morgan fingerprint density at radius 2 is 1.33 bits per heavy atom. The monoisotopic (exact) mass is 911 g/mol. The summed E-state index contributed by atoms with van der Waals surface area (Å²) in [6.45, 7) is 32.6. The zero-order chi connectivity index (χ0) is 46.2. The molecule has 0 aromatic heterocycles. The van der Waals surface area contributed by atoms with Gasteiger partial charge < -0.3 is 20.1 Å². The standard InChI is InChI=1S/C30H50O3Si2.C25H36O2Si/c1-9-28-20-29(31,21-35(6,7)8)27-24-14-12-23(33-10-2)19-22(24)11-13-25(27)26(28)15-16-30(28,32)17-18-34(3,4)5;1-6-24-16-17(2)23-20-10-8-19(26)15-18(20)7-9-21(23)22(24)11-12-25(24,27)13-14-28(3,4)5/h11,19,24-27,31-32H,9-10,12-16,20-21H2,1-8H3;15,20-23,27H,2,6-12,16H2,1,3-5H3/t24?,25?,26?,27?,28-,29?,30+;20?,21?,22?,23?,24-,25+/m00/s1. The maximum absolute atomic E-state index is 12.8. The lowest BCUT2D eigenvalue weighted by molar-refractivity contribution is -0.187. The summed E-state index contributed by atoms with van der Waals surface area (Å²) in [6.07, 6.45) is 20.8. The predicted octanol–water partition coefficient (Wildman–Crippen LogP) is 12.1. The van der Waals surface area contributed by atoms with Gasteiger partial charge in [0.25, 0.3) is 0 Å². The van der Waals surface area contributed by atoms with Gasteiger partial charge in [0.05, 0.1) is 18.0 Å². The van der Waals surface area contributed by atoms with Gasteiger partial charge in [-0.15, -0.1) is 11.1 Å². The molecule has 5 saturated carbocycles. The van der Waals surface area contributed by atoms with Gasteiger partial charge in [-0.1, -0.05) is 108 Å². The second-order valence-corrected chi connectivity index (χ2v) is 40.2. The first-order chi connectivity index (χ1) is 29.3. The van der Waals surface area contributed by atoms with Crippen LogP contribution in [0.4, 0.5) is 0 Å². The minimum Gasteiger partial charge on any atom is -0.498 e. The summed E-state index contributed by atoms with van der Waals surface area (Å²) >= 11 is 0. The molecule has 0 heterocycles. The average molecular weight is 912 g/mol. The Balaban J connectivity index is 0.000000193. The van der Waals surface area contributed by atoms with Crippen LogP contribution in [0.1, 0.15) is 117 Å². The second kappa shape index (κ2) is 17.3. The molecule has 0 saturated heterocycles. The van der Waals surface area contributed by atoms with Gasteiger partial charge in [-0.05, 0) is 162 Å². The number of ether oxygens (including phenoxy) is 1. The van der Waals surface area contributed by atoms with Gasteiger partial charge in [-0.25, -0.2) is 0 Å². The predicted molar refractivity (Wildman–Crippen MR) is 269 cm³/mol. The summed E-state index contributed by atoms with van der Waals surface area (Å²) in [4.78, 5) is 11.9. The van der Waals surface area contributed by atoms with Crippen LogP contribution in [0.15, 0.2) is 47.3 Å². The molecular formula is C55H86O5Si3. The molecule has 8 aliphatic carbocycles. The molecule has 5 fully saturated rings. The third-order valence-corrected chi connectivity index (χ3v) is 21.3. The molecule has 63 heavy (non-hydrogen) atoms. The van der Waals surface area contributed by atoms with Crippen LogP contribution in [0.3, 0.4) is 0 Å². The quantitative estimate of drug-likeness (QED) is 0.140. The molecule has 0 aromatic carbocycles. The molecule has 8 rings (SSSR count). The lowest BCUT2D eigenvalue weighted by Gasteiger charge is -2.62. The fourth-order valence-electron chi connectivity index (χ4n) is 15.8. The average Bonchev–Trinajstić information content (AvgIpc) is 3.65. The zero-order valence-corrected chi connectivity index (χ0v) is 44.7. The molecule has 348 valence electrons. The molecule has 0 radical (unpaired) electrons. The topological polar surface area (TPSA) is 87.0 Å². The van der Waals surface area contributed by atoms with Gasteiger partial charge in [0.15, 0.2) is 5.78 Å². The Morgan fingerprint density at radius 3 is 1.90 bits per heavy atom. The Bertz CT molecular complexity index is 2020. The van der Waals surface area contributed by atoms with Gasteiger partial charge in [-0.2, -0.15) is 0 Å². The molecule has 3 N–H and O–H groups in total. The van der Waals surface area contributed by atoms with Crippen molar-refractivity contribution >= 4 is 30.0 Å². The Kier molecular flexibility index (Phi) is 13.5. The van der Waals surface area contributed by atoms with E-state index in [1.807, 2.05) is 6.08 Å². The molecule has 8 aliphatic rings. The van der Waals surface area contributed by atoms with E-state index in [2.05, 4.69) is 121 Å². The first-order valence-corrected chi connectivity index (χ1v) is 36.2. The largest absolute Gasteiger partial charge is 0.498 e. The van der Waals surface area contributed by atoms with Crippen LogP contribution in [-0.2, 0) is 9.53 Å². The minimum atomic E-state index is -1.62. The smallest absolute Gasteiger partial charge is 0.155 e. The Labute approximate surface area is 386 Å². The summed E-state index contributed by atoms with van der Waals surface area (Å²) in [6, 6.07) is 0.902. The van der Waals surface area contributed by atoms with Crippen molar-refractivity contribution in [2.24, 2.45) is 58.2 Å². The molecule has 0 spiro atoms. The lowest BCUT2D eigenvalue weighted by Crippen LogP contribution is -2.64. The minimum absolute atomic E-state index is 0.135. The Hall–Kier alpha value is -1.92. The van der Waals surface area contributed by atoms with Crippen LogP contribution in [-0.4, -0.2) is 68.7 Å². The molecule has 0 aromatic rings. The van der Waals surface area contributed by atoms with Crippen LogP contribution in [0, 0.1) is 81.1 Å². The molecule has 9 unspecified atom stereocenters. The molecule has 8 heteroatoms. The molecule has 0 bridgehead atoms. The van der Waals surface area contributed by atoms with Gasteiger partial charge >= 0.3 is 0 Å². The normalized spacial score (nSPS) is 41.7. The maximum atomic E-state index is 12.8. The zero-order valence-electron chi connectivity index (χ0n) is 41.7. The number of allylic oxidation sites excluding steroid dienone is 6. The van der Waals surface area contributed by atoms with E-state index in [0.717, 1.165) is 95.3 Å². The summed E-state index contributed by atoms with van der Waals surface area (Å²) in [5, 5.41) is 36.9. The molecule has 0 amide bonds. The molecule has 5 nitrogen and oxygen atoms in total. The fourth-order valence-corrected chi connectivity index (χ4v) is 19.2. The van der Waals surface area contributed by atoms with Crippen molar-refractivity contribution in [1.29, 1.82) is 0 Å². The summed E-state index contributed by atoms with van der Waals surface area (Å²) in [5.41, 5.74) is 8.09. The van der Waals surface area contributed by atoms with Crippen molar-refractivity contribution in [3.8, 4) is 22.9 Å². The van der Waals surface area contributed by atoms with Gasteiger partial charge in [-0.3, -0.25) is 4.79 Å². The Morgan fingerprint density at radius 1 is 0.746 bits per heavy atom. The number of rotatable bonds is 6. The molecule has 0 aliphatic heterocycles. The third-order valence-electron chi connectivity index (χ3n) is 17.9. The van der Waals surface area contributed by atoms with E-state index >= 15 is 0 Å². The highest BCUT2D eigenvalue weighted by atomic mass is 28.3. The van der Waals surface area contributed by atoms with Crippen molar-refractivity contribution in [1.82, 2.24) is 0 Å². The highest BCUT2D eigenvalue weighted by Gasteiger charge is 2.69. The van der Waals surface area contributed by atoms with Crippen LogP contribution in [0.25, 0.3) is 0 Å². The summed E-state index contributed by atoms with van der Waals surface area (Å²) in [5.74, 6) is 12.0. The van der Waals surface area contributed by atoms with Crippen LogP contribution < -0.4 is 0 Å². The van der Waals surface area contributed by atoms with E-state index in [0.29, 0.717) is 66.7 Å². The third kappa shape index (κ3) is 9.00. The first-order valence-electron chi connectivity index (χ1n) is 25.5. The van der Waals surface area contributed by atoms with Gasteiger partial charge in [0.1, 0.15) is 27.3 Å². The number of aliphatic hydroxyl groups is 3. The number of ketones is 1. The van der Waals surface area contributed by atoms with Crippen molar-refractivity contribution in [2.75, 3.05) is 6.61 Å². The highest BCUT2D eigenvalue weighted by Crippen LogP contribution is 2.70. The highest BCUT2D eigenvalue weighted by molar-refractivity contribution is 6.84. The number of carbonyl (C=O) groups excluding carboxylic acids is 1. The SMILES string of the molecule is C=C1C[C@@]2(CC)C(CC[C@@]2(O)C#C[Si](C)(C)C)C2CCC3=CC(=O)CCC3C12.CCOC1=CC2=CCC3C(C2CC1)C(O)(C[Si](C)(C)C)C[C@@]1(CC)C3CC[C@@]1(O)C#C[Si](C)(C)C. The number of carbonyl (C=O) groups is 1. The van der Waals surface area contributed by atoms with Gasteiger partial charge in [0.2, 0.25) is 0 Å². The van der Waals surface area contributed by atoms with Crippen molar-refractivity contribution in [2.45, 2.75) is 199 Å². The number of hydrogen-bond donors (Lipinski definition) is 3. The lowest BCUT2D eigenvalue weighted by atomic mass is 9.46. The van der Waals surface area contributed by atoms with Crippen molar-refractivity contribution in [3.05, 3.63) is 47.3 Å². The van der Waals surface area contributed by atoms with E-state index in [4.69, 9.17) is 4.74 Å². The maximum Gasteiger partial charge on any atom is 0.155 e. The molecular weight excluding hydrogens is 825 g/mol. The van der Waals surface area contributed by atoms with Crippen LogP contribution >= 0.6 is 0 Å². The van der Waals surface area contributed by atoms with Crippen LogP contribution in [0.2, 0.25) is 65.0 Å². The summed E-state index contributed by atoms with van der Waals surface area (Å²) in [7, 11) is -4.74. The first kappa shape index (κ1) is 49.0. The van der Waals surface area contributed by atoms with E-state index in [9.17, 15) is 20.1 Å². The summed E-state index contributed by atoms with van der Waals surface area (Å²) < 4.78 is 5.90.